The standard InChI is InChI=1S/C9H14FNO2/c1-4-6-8(13-5-2)9(11-12)7(3)10/h4,6-7,9H,1,5H2,2-3H3/b8-6-. The summed E-state index contributed by atoms with van der Waals surface area (Å²) in [5.41, 5.74) is 0. The molecule has 13 heavy (non-hydrogen) atoms. The zero-order valence-electron chi connectivity index (χ0n) is 7.87. The molecule has 0 rings (SSSR count). The summed E-state index contributed by atoms with van der Waals surface area (Å²) >= 11 is 0. The number of ether oxygens (including phenoxy) is 1. The Morgan fingerprint density at radius 2 is 2.38 bits per heavy atom. The number of allylic oxidation sites excluding steroid dienone is 2. The van der Waals surface area contributed by atoms with Crippen molar-refractivity contribution < 1.29 is 9.13 Å². The van der Waals surface area contributed by atoms with Crippen LogP contribution in [0.4, 0.5) is 4.39 Å². The number of rotatable bonds is 6. The molecule has 0 radical (unpaired) electrons. The predicted octanol–water partition coefficient (Wildman–Crippen LogP) is 2.59. The summed E-state index contributed by atoms with van der Waals surface area (Å²) in [4.78, 5) is 10.3. The van der Waals surface area contributed by atoms with Gasteiger partial charge in [0.05, 0.1) is 6.61 Å². The third-order valence-electron chi connectivity index (χ3n) is 1.43. The second-order valence-corrected chi connectivity index (χ2v) is 2.47. The molecule has 3 nitrogen and oxygen atoms in total. The van der Waals surface area contributed by atoms with Gasteiger partial charge in [-0.25, -0.2) is 4.39 Å². The van der Waals surface area contributed by atoms with Gasteiger partial charge in [-0.15, -0.1) is 4.91 Å². The zero-order valence-corrected chi connectivity index (χ0v) is 7.87. The molecular weight excluding hydrogens is 173 g/mol. The summed E-state index contributed by atoms with van der Waals surface area (Å²) in [7, 11) is 0. The molecule has 74 valence electrons. The molecule has 0 aliphatic carbocycles. The van der Waals surface area contributed by atoms with Crippen LogP contribution in [0.3, 0.4) is 0 Å². The van der Waals surface area contributed by atoms with E-state index in [2.05, 4.69) is 11.8 Å². The molecule has 4 heteroatoms. The van der Waals surface area contributed by atoms with Gasteiger partial charge in [0.1, 0.15) is 11.9 Å². The average molecular weight is 187 g/mol. The molecule has 2 atom stereocenters. The van der Waals surface area contributed by atoms with Crippen molar-refractivity contribution in [2.45, 2.75) is 26.1 Å². The maximum atomic E-state index is 12.8. The Balaban J connectivity index is 4.57. The first kappa shape index (κ1) is 11.8. The zero-order chi connectivity index (χ0) is 10.3. The van der Waals surface area contributed by atoms with Gasteiger partial charge in [-0.1, -0.05) is 17.8 Å². The quantitative estimate of drug-likeness (QED) is 0.364. The van der Waals surface area contributed by atoms with E-state index in [0.29, 0.717) is 6.61 Å². The van der Waals surface area contributed by atoms with E-state index in [1.165, 1.54) is 19.1 Å². The molecule has 0 bridgehead atoms. The van der Waals surface area contributed by atoms with Crippen LogP contribution in [0.2, 0.25) is 0 Å². The van der Waals surface area contributed by atoms with Crippen LogP contribution in [-0.4, -0.2) is 18.8 Å². The molecule has 0 heterocycles. The van der Waals surface area contributed by atoms with E-state index >= 15 is 0 Å². The second-order valence-electron chi connectivity index (χ2n) is 2.47. The Labute approximate surface area is 77.3 Å². The minimum atomic E-state index is -1.35. The smallest absolute Gasteiger partial charge is 0.179 e. The first-order chi connectivity index (χ1) is 6.17. The van der Waals surface area contributed by atoms with E-state index in [1.54, 1.807) is 6.92 Å². The van der Waals surface area contributed by atoms with E-state index in [9.17, 15) is 9.30 Å². The van der Waals surface area contributed by atoms with Crippen LogP contribution >= 0.6 is 0 Å². The Hall–Kier alpha value is -1.19. The van der Waals surface area contributed by atoms with Crippen LogP contribution < -0.4 is 0 Å². The van der Waals surface area contributed by atoms with E-state index in [4.69, 9.17) is 4.74 Å². The normalized spacial score (nSPS) is 16.1. The summed E-state index contributed by atoms with van der Waals surface area (Å²) in [5.74, 6) is 0.225. The van der Waals surface area contributed by atoms with Crippen molar-refractivity contribution in [1.29, 1.82) is 0 Å². The van der Waals surface area contributed by atoms with Gasteiger partial charge >= 0.3 is 0 Å². The van der Waals surface area contributed by atoms with E-state index in [0.717, 1.165) is 0 Å². The molecule has 0 aliphatic heterocycles. The molecule has 0 aromatic carbocycles. The second kappa shape index (κ2) is 6.34. The SMILES string of the molecule is C=C/C=C(\OCC)C(N=O)C(C)F. The molecule has 0 N–H and O–H groups in total. The fraction of sp³-hybridized carbons (Fsp3) is 0.556. The third kappa shape index (κ3) is 3.83. The largest absolute Gasteiger partial charge is 0.496 e. The van der Waals surface area contributed by atoms with Crippen molar-refractivity contribution >= 4 is 0 Å². The van der Waals surface area contributed by atoms with Gasteiger partial charge in [-0.05, 0) is 19.9 Å². The van der Waals surface area contributed by atoms with E-state index in [-0.39, 0.29) is 5.76 Å². The third-order valence-corrected chi connectivity index (χ3v) is 1.43. The highest BCUT2D eigenvalue weighted by atomic mass is 19.1. The minimum Gasteiger partial charge on any atom is -0.496 e. The van der Waals surface area contributed by atoms with Crippen molar-refractivity contribution in [2.24, 2.45) is 5.18 Å². The topological polar surface area (TPSA) is 38.7 Å². The van der Waals surface area contributed by atoms with Crippen LogP contribution in [0.15, 0.2) is 29.7 Å². The van der Waals surface area contributed by atoms with Crippen molar-refractivity contribution in [3.8, 4) is 0 Å². The molecule has 0 saturated heterocycles. The highest BCUT2D eigenvalue weighted by Crippen LogP contribution is 2.15. The number of halogens is 1. The van der Waals surface area contributed by atoms with Crippen molar-refractivity contribution in [1.82, 2.24) is 0 Å². The van der Waals surface area contributed by atoms with Crippen molar-refractivity contribution in [3.63, 3.8) is 0 Å². The molecular formula is C9H14FNO2. The van der Waals surface area contributed by atoms with Crippen LogP contribution in [0.5, 0.6) is 0 Å². The summed E-state index contributed by atoms with van der Waals surface area (Å²) in [6.07, 6.45) is 1.53. The minimum absolute atomic E-state index is 0.225. The van der Waals surface area contributed by atoms with Gasteiger partial charge in [0, 0.05) is 0 Å². The van der Waals surface area contributed by atoms with Gasteiger partial charge in [0.2, 0.25) is 0 Å². The van der Waals surface area contributed by atoms with Crippen LogP contribution in [0, 0.1) is 4.91 Å². The summed E-state index contributed by atoms with van der Waals surface area (Å²) < 4.78 is 17.9. The van der Waals surface area contributed by atoms with Crippen molar-refractivity contribution in [3.05, 3.63) is 29.4 Å². The monoisotopic (exact) mass is 187 g/mol. The molecule has 0 amide bonds. The van der Waals surface area contributed by atoms with Gasteiger partial charge in [0.15, 0.2) is 6.04 Å². The molecule has 0 fully saturated rings. The van der Waals surface area contributed by atoms with Crippen LogP contribution in [0.25, 0.3) is 0 Å². The maximum absolute atomic E-state index is 12.8. The van der Waals surface area contributed by atoms with Gasteiger partial charge in [0.25, 0.3) is 0 Å². The Kier molecular flexibility index (Phi) is 5.76. The van der Waals surface area contributed by atoms with Gasteiger partial charge < -0.3 is 4.74 Å². The molecule has 0 saturated carbocycles. The lowest BCUT2D eigenvalue weighted by atomic mass is 10.1. The first-order valence-electron chi connectivity index (χ1n) is 4.09. The molecule has 0 aliphatic rings. The van der Waals surface area contributed by atoms with Crippen LogP contribution in [0.1, 0.15) is 13.8 Å². The number of nitroso groups, excluding NO2 is 1. The molecule has 0 spiro atoms. The van der Waals surface area contributed by atoms with E-state index in [1.807, 2.05) is 0 Å². The Morgan fingerprint density at radius 3 is 2.69 bits per heavy atom. The average Bonchev–Trinajstić information content (AvgIpc) is 2.05. The summed E-state index contributed by atoms with van der Waals surface area (Å²) in [6, 6.07) is -1.07. The Bertz CT molecular complexity index is 202. The number of hydrogen-bond acceptors (Lipinski definition) is 3. The predicted molar refractivity (Wildman–Crippen MR) is 50.1 cm³/mol. The van der Waals surface area contributed by atoms with Crippen molar-refractivity contribution in [2.75, 3.05) is 6.61 Å². The molecule has 0 aromatic heterocycles. The number of nitrogens with zero attached hydrogens (tertiary/aromatic N) is 1. The van der Waals surface area contributed by atoms with Crippen LogP contribution in [-0.2, 0) is 4.74 Å². The maximum Gasteiger partial charge on any atom is 0.179 e. The lowest BCUT2D eigenvalue weighted by Crippen LogP contribution is -2.20. The lowest BCUT2D eigenvalue weighted by molar-refractivity contribution is 0.180. The highest BCUT2D eigenvalue weighted by molar-refractivity contribution is 5.12. The highest BCUT2D eigenvalue weighted by Gasteiger charge is 2.22. The number of alkyl halides is 1. The molecule has 2 unspecified atom stereocenters. The Morgan fingerprint density at radius 1 is 1.77 bits per heavy atom. The van der Waals surface area contributed by atoms with E-state index < -0.39 is 12.2 Å². The van der Waals surface area contributed by atoms with Gasteiger partial charge in [-0.2, -0.15) is 0 Å². The first-order valence-corrected chi connectivity index (χ1v) is 4.09. The molecule has 0 aromatic rings. The fourth-order valence-corrected chi connectivity index (χ4v) is 0.877. The van der Waals surface area contributed by atoms with Gasteiger partial charge in [-0.3, -0.25) is 0 Å². The number of hydrogen-bond donors (Lipinski definition) is 0. The lowest BCUT2D eigenvalue weighted by Gasteiger charge is -2.14. The summed E-state index contributed by atoms with van der Waals surface area (Å²) in [5, 5.41) is 2.66. The fourth-order valence-electron chi connectivity index (χ4n) is 0.877. The summed E-state index contributed by atoms with van der Waals surface area (Å²) in [6.45, 7) is 6.83.